The van der Waals surface area contributed by atoms with Gasteiger partial charge in [0, 0.05) is 25.2 Å². The van der Waals surface area contributed by atoms with Crippen LogP contribution >= 0.6 is 0 Å². The molecule has 8 nitrogen and oxygen atoms in total. The van der Waals surface area contributed by atoms with Crippen LogP contribution < -0.4 is 18.9 Å². The maximum absolute atomic E-state index is 5.99. The van der Waals surface area contributed by atoms with Gasteiger partial charge in [-0.3, -0.25) is 4.90 Å². The average Bonchev–Trinajstić information content (AvgIpc) is 3.44. The molecule has 3 aromatic carbocycles. The number of hydrogen-bond donors (Lipinski definition) is 0. The second-order valence-corrected chi connectivity index (χ2v) is 8.90. The lowest BCUT2D eigenvalue weighted by atomic mass is 9.98. The summed E-state index contributed by atoms with van der Waals surface area (Å²) in [5, 5.41) is 8.50. The number of aromatic nitrogens is 2. The topological polar surface area (TPSA) is 79.1 Å². The van der Waals surface area contributed by atoms with Crippen LogP contribution in [-0.4, -0.2) is 56.6 Å². The van der Waals surface area contributed by atoms with E-state index < -0.39 is 0 Å². The number of benzene rings is 3. The van der Waals surface area contributed by atoms with Crippen LogP contribution in [0, 0.1) is 0 Å². The molecule has 1 aliphatic rings. The van der Waals surface area contributed by atoms with Crippen LogP contribution in [0.4, 0.5) is 0 Å². The van der Waals surface area contributed by atoms with Crippen LogP contribution in [0.5, 0.6) is 23.0 Å². The smallest absolute Gasteiger partial charge is 0.255 e. The molecule has 0 fully saturated rings. The highest BCUT2D eigenvalue weighted by Crippen LogP contribution is 2.38. The third-order valence-corrected chi connectivity index (χ3v) is 6.78. The van der Waals surface area contributed by atoms with E-state index in [1.165, 1.54) is 16.7 Å². The Hall–Kier alpha value is -4.04. The van der Waals surface area contributed by atoms with Gasteiger partial charge in [0.1, 0.15) is 17.1 Å². The monoisotopic (exact) mass is 501 g/mol. The van der Waals surface area contributed by atoms with Gasteiger partial charge in [-0.1, -0.05) is 18.2 Å². The van der Waals surface area contributed by atoms with Crippen LogP contribution in [0.3, 0.4) is 0 Å². The zero-order valence-electron chi connectivity index (χ0n) is 21.6. The first-order valence-corrected chi connectivity index (χ1v) is 12.2. The summed E-state index contributed by atoms with van der Waals surface area (Å²) in [6, 6.07) is 18.0. The number of hydrogen-bond acceptors (Lipinski definition) is 8. The van der Waals surface area contributed by atoms with Gasteiger partial charge >= 0.3 is 0 Å². The minimum Gasteiger partial charge on any atom is -0.496 e. The first-order valence-electron chi connectivity index (χ1n) is 12.2. The Bertz CT molecular complexity index is 1340. The second-order valence-electron chi connectivity index (χ2n) is 8.90. The molecule has 37 heavy (non-hydrogen) atoms. The molecule has 0 radical (unpaired) electrons. The van der Waals surface area contributed by atoms with Crippen molar-refractivity contribution in [2.75, 3.05) is 41.5 Å². The summed E-state index contributed by atoms with van der Waals surface area (Å²) >= 11 is 0. The standard InChI is InChI=1S/C29H31N3O5/c1-33-23-6-5-7-24(34-2)27(23)29-31-30-28(37-29)20-10-8-19(9-11-20)12-14-32-15-13-21-16-25(35-3)26(36-4)17-22(21)18-32/h5-11,16-17H,12-15,18H2,1-4H3. The molecule has 0 bridgehead atoms. The van der Waals surface area contributed by atoms with E-state index in [-0.39, 0.29) is 0 Å². The first-order chi connectivity index (χ1) is 18.1. The zero-order valence-corrected chi connectivity index (χ0v) is 21.6. The molecule has 192 valence electrons. The second kappa shape index (κ2) is 10.9. The molecule has 5 rings (SSSR count). The maximum atomic E-state index is 5.99. The Morgan fingerprint density at radius 1 is 0.757 bits per heavy atom. The minimum atomic E-state index is 0.355. The van der Waals surface area contributed by atoms with E-state index in [9.17, 15) is 0 Å². The number of rotatable bonds is 9. The number of ether oxygens (including phenoxy) is 4. The quantitative estimate of drug-likeness (QED) is 0.316. The molecule has 0 aliphatic carbocycles. The van der Waals surface area contributed by atoms with Crippen LogP contribution in [0.1, 0.15) is 16.7 Å². The van der Waals surface area contributed by atoms with Crippen molar-refractivity contribution in [1.29, 1.82) is 0 Å². The largest absolute Gasteiger partial charge is 0.496 e. The highest BCUT2D eigenvalue weighted by atomic mass is 16.5. The summed E-state index contributed by atoms with van der Waals surface area (Å²) in [7, 11) is 6.56. The minimum absolute atomic E-state index is 0.355. The van der Waals surface area contributed by atoms with Crippen molar-refractivity contribution in [3.05, 3.63) is 71.3 Å². The van der Waals surface area contributed by atoms with Gasteiger partial charge in [-0.05, 0) is 65.9 Å². The predicted molar refractivity (Wildman–Crippen MR) is 141 cm³/mol. The summed E-state index contributed by atoms with van der Waals surface area (Å²) < 4.78 is 27.9. The van der Waals surface area contributed by atoms with Gasteiger partial charge in [0.05, 0.1) is 28.4 Å². The fraction of sp³-hybridized carbons (Fsp3) is 0.310. The van der Waals surface area contributed by atoms with Crippen molar-refractivity contribution in [3.63, 3.8) is 0 Å². The van der Waals surface area contributed by atoms with E-state index in [2.05, 4.69) is 39.4 Å². The van der Waals surface area contributed by atoms with E-state index >= 15 is 0 Å². The SMILES string of the molecule is COc1cc2c(cc1OC)CN(CCc1ccc(-c3nnc(-c4c(OC)cccc4OC)o3)cc1)CC2. The van der Waals surface area contributed by atoms with E-state index in [0.29, 0.717) is 28.8 Å². The summed E-state index contributed by atoms with van der Waals surface area (Å²) in [5.41, 5.74) is 5.40. The van der Waals surface area contributed by atoms with Crippen molar-refractivity contribution >= 4 is 0 Å². The van der Waals surface area contributed by atoms with Crippen LogP contribution in [0.25, 0.3) is 22.9 Å². The third-order valence-electron chi connectivity index (χ3n) is 6.78. The molecule has 1 aliphatic heterocycles. The molecular formula is C29H31N3O5. The van der Waals surface area contributed by atoms with E-state index in [4.69, 9.17) is 23.4 Å². The van der Waals surface area contributed by atoms with Gasteiger partial charge in [0.25, 0.3) is 5.89 Å². The maximum Gasteiger partial charge on any atom is 0.255 e. The molecule has 0 saturated heterocycles. The fourth-order valence-corrected chi connectivity index (χ4v) is 4.74. The van der Waals surface area contributed by atoms with E-state index in [1.807, 2.05) is 30.3 Å². The van der Waals surface area contributed by atoms with Gasteiger partial charge < -0.3 is 23.4 Å². The summed E-state index contributed by atoms with van der Waals surface area (Å²) in [5.74, 6) is 3.61. The molecule has 0 spiro atoms. The zero-order chi connectivity index (χ0) is 25.8. The van der Waals surface area contributed by atoms with Crippen molar-refractivity contribution in [2.45, 2.75) is 19.4 Å². The van der Waals surface area contributed by atoms with Gasteiger partial charge in [-0.2, -0.15) is 0 Å². The summed E-state index contributed by atoms with van der Waals surface area (Å²) in [4.78, 5) is 2.48. The molecule has 0 unspecified atom stereocenters. The van der Waals surface area contributed by atoms with Crippen molar-refractivity contribution in [1.82, 2.24) is 15.1 Å². The highest BCUT2D eigenvalue weighted by Gasteiger charge is 2.21. The molecule has 0 N–H and O–H groups in total. The molecule has 0 atom stereocenters. The lowest BCUT2D eigenvalue weighted by Crippen LogP contribution is -2.32. The Labute approximate surface area is 216 Å². The molecule has 0 amide bonds. The average molecular weight is 502 g/mol. The van der Waals surface area contributed by atoms with E-state index in [0.717, 1.165) is 49.5 Å². The van der Waals surface area contributed by atoms with Gasteiger partial charge in [0.2, 0.25) is 5.89 Å². The summed E-state index contributed by atoms with van der Waals surface area (Å²) in [6.07, 6.45) is 1.96. The van der Waals surface area contributed by atoms with Gasteiger partial charge in [-0.25, -0.2) is 0 Å². The molecule has 2 heterocycles. The molecule has 4 aromatic rings. The van der Waals surface area contributed by atoms with E-state index in [1.54, 1.807) is 28.4 Å². The highest BCUT2D eigenvalue weighted by molar-refractivity contribution is 5.71. The van der Waals surface area contributed by atoms with Crippen molar-refractivity contribution in [3.8, 4) is 45.9 Å². The van der Waals surface area contributed by atoms with Crippen LogP contribution in [0.2, 0.25) is 0 Å². The van der Waals surface area contributed by atoms with Gasteiger partial charge in [-0.15, -0.1) is 10.2 Å². The lowest BCUT2D eigenvalue weighted by Gasteiger charge is -2.29. The predicted octanol–water partition coefficient (Wildman–Crippen LogP) is 5.04. The number of nitrogens with zero attached hydrogens (tertiary/aromatic N) is 3. The fourth-order valence-electron chi connectivity index (χ4n) is 4.74. The van der Waals surface area contributed by atoms with Gasteiger partial charge in [0.15, 0.2) is 11.5 Å². The molecule has 8 heteroatoms. The number of methoxy groups -OCH3 is 4. The molecular weight excluding hydrogens is 470 g/mol. The number of fused-ring (bicyclic) bond motifs is 1. The van der Waals surface area contributed by atoms with Crippen molar-refractivity contribution in [2.24, 2.45) is 0 Å². The normalized spacial score (nSPS) is 13.2. The summed E-state index contributed by atoms with van der Waals surface area (Å²) in [6.45, 7) is 2.91. The van der Waals surface area contributed by atoms with Crippen LogP contribution in [0.15, 0.2) is 59.0 Å². The molecule has 1 aromatic heterocycles. The Kier molecular flexibility index (Phi) is 7.28. The van der Waals surface area contributed by atoms with Crippen LogP contribution in [-0.2, 0) is 19.4 Å². The molecule has 0 saturated carbocycles. The Balaban J connectivity index is 1.24. The first kappa shape index (κ1) is 24.6. The lowest BCUT2D eigenvalue weighted by molar-refractivity contribution is 0.255. The van der Waals surface area contributed by atoms with Crippen molar-refractivity contribution < 1.29 is 23.4 Å². The Morgan fingerprint density at radius 3 is 2.03 bits per heavy atom. The Morgan fingerprint density at radius 2 is 1.38 bits per heavy atom. The third kappa shape index (κ3) is 5.11.